The second kappa shape index (κ2) is 10.2. The summed E-state index contributed by atoms with van der Waals surface area (Å²) in [6.07, 6.45) is -0.198. The maximum absolute atomic E-state index is 15.9. The summed E-state index contributed by atoms with van der Waals surface area (Å²) < 4.78 is 71.8. The number of nitrogens with one attached hydrogen (secondary N) is 1. The maximum Gasteiger partial charge on any atom is 0.419 e. The second-order valence-corrected chi connectivity index (χ2v) is 10.2. The number of hydrogen-bond acceptors (Lipinski definition) is 6. The first kappa shape index (κ1) is 26.2. The van der Waals surface area contributed by atoms with Gasteiger partial charge in [0.15, 0.2) is 0 Å². The number of hydrogen-bond donors (Lipinski definition) is 1. The van der Waals surface area contributed by atoms with Crippen molar-refractivity contribution in [3.8, 4) is 17.3 Å². The van der Waals surface area contributed by atoms with Crippen LogP contribution >= 0.6 is 0 Å². The minimum absolute atomic E-state index is 0.00405. The van der Waals surface area contributed by atoms with Crippen molar-refractivity contribution in [1.29, 1.82) is 5.26 Å². The highest BCUT2D eigenvalue weighted by molar-refractivity contribution is 5.92. The van der Waals surface area contributed by atoms with Gasteiger partial charge in [0.2, 0.25) is 0 Å². The third-order valence-electron chi connectivity index (χ3n) is 7.72. The minimum Gasteiger partial charge on any atom is -0.353 e. The molecule has 13 heteroatoms. The van der Waals surface area contributed by atoms with Crippen molar-refractivity contribution in [2.75, 3.05) is 37.6 Å². The van der Waals surface area contributed by atoms with E-state index in [0.29, 0.717) is 54.3 Å². The Hall–Kier alpha value is -4.05. The average Bonchev–Trinajstić information content (AvgIpc) is 3.51. The Bertz CT molecular complexity index is 1580. The number of rotatable bonds is 6. The van der Waals surface area contributed by atoms with Crippen LogP contribution < -0.4 is 4.90 Å². The first-order valence-corrected chi connectivity index (χ1v) is 13.0. The number of benzene rings is 1. The van der Waals surface area contributed by atoms with E-state index in [0.717, 1.165) is 31.6 Å². The summed E-state index contributed by atoms with van der Waals surface area (Å²) in [7, 11) is 0. The number of H-pyrrole nitrogens is 1. The van der Waals surface area contributed by atoms with E-state index in [1.807, 2.05) is 4.57 Å². The summed E-state index contributed by atoms with van der Waals surface area (Å²) >= 11 is 0. The van der Waals surface area contributed by atoms with Crippen molar-refractivity contribution in [3.63, 3.8) is 0 Å². The molecule has 0 amide bonds. The van der Waals surface area contributed by atoms with Gasteiger partial charge in [0, 0.05) is 37.6 Å². The number of fused-ring (bicyclic) bond motifs is 1. The molecule has 1 N–H and O–H groups in total. The van der Waals surface area contributed by atoms with Crippen molar-refractivity contribution in [3.05, 3.63) is 59.7 Å². The molecule has 2 aliphatic rings. The molecule has 6 rings (SSSR count). The number of alkyl halides is 4. The number of nitriles is 1. The maximum atomic E-state index is 15.9. The van der Waals surface area contributed by atoms with Crippen LogP contribution in [0.3, 0.4) is 0 Å². The van der Waals surface area contributed by atoms with Gasteiger partial charge in [-0.15, -0.1) is 0 Å². The predicted octanol–water partition coefficient (Wildman–Crippen LogP) is 4.89. The smallest absolute Gasteiger partial charge is 0.353 e. The summed E-state index contributed by atoms with van der Waals surface area (Å²) in [5.41, 5.74) is -0.154. The Morgan fingerprint density at radius 3 is 2.65 bits per heavy atom. The molecule has 208 valence electrons. The van der Waals surface area contributed by atoms with Crippen LogP contribution in [0, 0.1) is 17.1 Å². The Morgan fingerprint density at radius 2 is 1.95 bits per heavy atom. The van der Waals surface area contributed by atoms with Gasteiger partial charge in [0.25, 0.3) is 0 Å². The lowest BCUT2D eigenvalue weighted by molar-refractivity contribution is -0.139. The summed E-state index contributed by atoms with van der Waals surface area (Å²) in [6.45, 7) is 3.56. The molecule has 3 aromatic heterocycles. The molecule has 4 aromatic rings. The second-order valence-electron chi connectivity index (χ2n) is 10.2. The van der Waals surface area contributed by atoms with Gasteiger partial charge in [-0.05, 0) is 44.1 Å². The molecule has 0 bridgehead atoms. The predicted molar refractivity (Wildman–Crippen MR) is 137 cm³/mol. The molecule has 0 saturated carbocycles. The molecule has 0 spiro atoms. The summed E-state index contributed by atoms with van der Waals surface area (Å²) in [6, 6.07) is 4.90. The van der Waals surface area contributed by atoms with Crippen molar-refractivity contribution in [2.45, 2.75) is 37.7 Å². The monoisotopic (exact) mass is 556 g/mol. The number of aromatic nitrogens is 5. The lowest BCUT2D eigenvalue weighted by atomic mass is 9.93. The lowest BCUT2D eigenvalue weighted by Gasteiger charge is -2.36. The van der Waals surface area contributed by atoms with Crippen LogP contribution in [0.2, 0.25) is 0 Å². The highest BCUT2D eigenvalue weighted by atomic mass is 19.4. The molecule has 0 radical (unpaired) electrons. The SMILES string of the molecule is N#Cc1c[nH]c2ncnc(N3CCC(c4nc(-c5ccc(F)c(C(F)(F)F)c5)cn4CCN4CCC4)C(F)C3)c12. The summed E-state index contributed by atoms with van der Waals surface area (Å²) in [4.78, 5) is 20.1. The quantitative estimate of drug-likeness (QED) is 0.341. The van der Waals surface area contributed by atoms with Crippen molar-refractivity contribution in [1.82, 2.24) is 29.4 Å². The molecule has 1 aromatic carbocycles. The van der Waals surface area contributed by atoms with Gasteiger partial charge in [-0.1, -0.05) is 0 Å². The van der Waals surface area contributed by atoms with Crippen molar-refractivity contribution in [2.24, 2.45) is 0 Å². The van der Waals surface area contributed by atoms with Crippen molar-refractivity contribution >= 4 is 16.9 Å². The van der Waals surface area contributed by atoms with Crippen LogP contribution in [0.5, 0.6) is 0 Å². The molecular weight excluding hydrogens is 531 g/mol. The fourth-order valence-electron chi connectivity index (χ4n) is 5.46. The molecule has 2 fully saturated rings. The normalized spacial score (nSPS) is 20.1. The third kappa shape index (κ3) is 4.77. The number of nitrogens with zero attached hydrogens (tertiary/aromatic N) is 7. The largest absolute Gasteiger partial charge is 0.419 e. The Balaban J connectivity index is 1.31. The van der Waals surface area contributed by atoms with Crippen LogP contribution in [-0.4, -0.2) is 68.3 Å². The molecule has 0 aliphatic carbocycles. The van der Waals surface area contributed by atoms with E-state index in [4.69, 9.17) is 0 Å². The zero-order valence-electron chi connectivity index (χ0n) is 21.3. The van der Waals surface area contributed by atoms with Crippen LogP contribution in [0.15, 0.2) is 36.9 Å². The molecule has 2 aliphatic heterocycles. The van der Waals surface area contributed by atoms with Crippen LogP contribution in [-0.2, 0) is 12.7 Å². The topological polar surface area (TPSA) is 89.7 Å². The van der Waals surface area contributed by atoms with Crippen LogP contribution in [0.25, 0.3) is 22.3 Å². The van der Waals surface area contributed by atoms with Crippen LogP contribution in [0.1, 0.15) is 35.7 Å². The number of halogens is 5. The Kier molecular flexibility index (Phi) is 6.66. The molecule has 2 unspecified atom stereocenters. The first-order valence-electron chi connectivity index (χ1n) is 13.0. The highest BCUT2D eigenvalue weighted by Gasteiger charge is 2.37. The van der Waals surface area contributed by atoms with E-state index in [1.54, 1.807) is 17.3 Å². The zero-order valence-corrected chi connectivity index (χ0v) is 21.3. The van der Waals surface area contributed by atoms with Gasteiger partial charge in [-0.2, -0.15) is 18.4 Å². The molecule has 40 heavy (non-hydrogen) atoms. The van der Waals surface area contributed by atoms with Gasteiger partial charge < -0.3 is 19.4 Å². The van der Waals surface area contributed by atoms with E-state index in [2.05, 4.69) is 30.9 Å². The summed E-state index contributed by atoms with van der Waals surface area (Å²) in [5, 5.41) is 10.0. The van der Waals surface area contributed by atoms with E-state index in [1.165, 1.54) is 12.4 Å². The van der Waals surface area contributed by atoms with E-state index in [9.17, 15) is 22.8 Å². The molecule has 2 saturated heterocycles. The van der Waals surface area contributed by atoms with Gasteiger partial charge in [0.05, 0.1) is 34.7 Å². The van der Waals surface area contributed by atoms with Gasteiger partial charge in [-0.25, -0.2) is 23.7 Å². The fourth-order valence-corrected chi connectivity index (χ4v) is 5.46. The number of piperidine rings is 1. The molecule has 2 atom stereocenters. The molecular formula is C27H25F5N8. The number of likely N-dealkylation sites (tertiary alicyclic amines) is 1. The molecule has 8 nitrogen and oxygen atoms in total. The lowest BCUT2D eigenvalue weighted by Crippen LogP contribution is -2.42. The zero-order chi connectivity index (χ0) is 28.0. The van der Waals surface area contributed by atoms with Crippen LogP contribution in [0.4, 0.5) is 27.8 Å². The highest BCUT2D eigenvalue weighted by Crippen LogP contribution is 2.37. The average molecular weight is 557 g/mol. The number of aromatic amines is 1. The first-order chi connectivity index (χ1) is 19.2. The van der Waals surface area contributed by atoms with E-state index < -0.39 is 29.6 Å². The number of imidazole rings is 1. The number of anilines is 1. The van der Waals surface area contributed by atoms with E-state index >= 15 is 4.39 Å². The Morgan fingerprint density at radius 1 is 1.12 bits per heavy atom. The standard InChI is InChI=1S/C27H25F5N8/c28-20-3-2-16(10-19(20)27(30,31)32)22-14-40(9-8-38-5-1-6-38)25(37-22)18-4-7-39(13-21(18)29)26-23-17(11-33)12-34-24(23)35-15-36-26/h2-3,10,12,14-15,18,21H,1,4-9,13H2,(H,34,35,36). The fraction of sp³-hybridized carbons (Fsp3) is 0.407. The Labute approximate surface area is 226 Å². The van der Waals surface area contributed by atoms with Gasteiger partial charge >= 0.3 is 6.18 Å². The van der Waals surface area contributed by atoms with Gasteiger partial charge in [-0.3, -0.25) is 0 Å². The minimum atomic E-state index is -4.85. The van der Waals surface area contributed by atoms with Gasteiger partial charge in [0.1, 0.15) is 41.7 Å². The van der Waals surface area contributed by atoms with Crippen molar-refractivity contribution < 1.29 is 22.0 Å². The van der Waals surface area contributed by atoms with E-state index in [-0.39, 0.29) is 17.8 Å². The third-order valence-corrected chi connectivity index (χ3v) is 7.72. The molecule has 5 heterocycles. The summed E-state index contributed by atoms with van der Waals surface area (Å²) in [5.74, 6) is -1.04.